The third kappa shape index (κ3) is 3.16. The van der Waals surface area contributed by atoms with Crippen LogP contribution in [0.3, 0.4) is 0 Å². The summed E-state index contributed by atoms with van der Waals surface area (Å²) in [5.74, 6) is -0.959. The van der Waals surface area contributed by atoms with E-state index >= 15 is 0 Å². The first-order valence-corrected chi connectivity index (χ1v) is 6.89. The number of para-hydroxylation sites is 1. The van der Waals surface area contributed by atoms with Gasteiger partial charge in [-0.05, 0) is 24.3 Å². The highest BCUT2D eigenvalue weighted by Gasteiger charge is 2.16. The average molecular weight is 308 g/mol. The molecule has 23 heavy (non-hydrogen) atoms. The number of aromatic nitrogens is 2. The molecule has 2 aromatic carbocycles. The van der Waals surface area contributed by atoms with Crippen LogP contribution < -0.4 is 11.1 Å². The molecule has 6 heteroatoms. The van der Waals surface area contributed by atoms with Crippen molar-refractivity contribution in [3.63, 3.8) is 0 Å². The summed E-state index contributed by atoms with van der Waals surface area (Å²) in [5, 5.41) is 2.68. The second kappa shape index (κ2) is 6.23. The molecule has 3 aromatic rings. The van der Waals surface area contributed by atoms with E-state index < -0.39 is 11.7 Å². The lowest BCUT2D eigenvalue weighted by Gasteiger charge is -2.08. The molecule has 3 N–H and O–H groups in total. The number of nitrogens with zero attached hydrogens (tertiary/aromatic N) is 2. The number of carbonyl (C=O) groups is 1. The first-order valence-electron chi connectivity index (χ1n) is 6.89. The van der Waals surface area contributed by atoms with Gasteiger partial charge in [-0.25, -0.2) is 14.4 Å². The summed E-state index contributed by atoms with van der Waals surface area (Å²) in [6.07, 6.45) is 1.34. The third-order valence-corrected chi connectivity index (χ3v) is 3.20. The first kappa shape index (κ1) is 14.6. The minimum absolute atomic E-state index is 0.0153. The van der Waals surface area contributed by atoms with Gasteiger partial charge in [0.2, 0.25) is 0 Å². The Kier molecular flexibility index (Phi) is 3.97. The van der Waals surface area contributed by atoms with Gasteiger partial charge in [0.05, 0.1) is 11.9 Å². The summed E-state index contributed by atoms with van der Waals surface area (Å²) in [6, 6.07) is 15.0. The van der Waals surface area contributed by atoms with Gasteiger partial charge < -0.3 is 11.1 Å². The van der Waals surface area contributed by atoms with E-state index in [4.69, 9.17) is 5.73 Å². The summed E-state index contributed by atoms with van der Waals surface area (Å²) in [4.78, 5) is 20.4. The summed E-state index contributed by atoms with van der Waals surface area (Å²) in [7, 11) is 0. The summed E-state index contributed by atoms with van der Waals surface area (Å²) in [6.45, 7) is 0. The third-order valence-electron chi connectivity index (χ3n) is 3.20. The Labute approximate surface area is 132 Å². The normalized spacial score (nSPS) is 10.3. The predicted octanol–water partition coefficient (Wildman–Crippen LogP) is 3.12. The van der Waals surface area contributed by atoms with Gasteiger partial charge in [-0.3, -0.25) is 4.79 Å². The Morgan fingerprint density at radius 1 is 1.04 bits per heavy atom. The second-order valence-electron chi connectivity index (χ2n) is 4.79. The van der Waals surface area contributed by atoms with Gasteiger partial charge in [-0.15, -0.1) is 0 Å². The molecule has 114 valence electrons. The molecular formula is C17H13FN4O. The van der Waals surface area contributed by atoms with Gasteiger partial charge in [-0.1, -0.05) is 30.3 Å². The fourth-order valence-electron chi connectivity index (χ4n) is 2.08. The van der Waals surface area contributed by atoms with E-state index in [0.717, 1.165) is 0 Å². The van der Waals surface area contributed by atoms with Crippen LogP contribution in [0.5, 0.6) is 0 Å². The van der Waals surface area contributed by atoms with Crippen molar-refractivity contribution < 1.29 is 9.18 Å². The number of benzene rings is 2. The molecule has 0 saturated heterocycles. The zero-order valence-corrected chi connectivity index (χ0v) is 12.0. The Hall–Kier alpha value is -3.28. The maximum absolute atomic E-state index is 13.9. The Morgan fingerprint density at radius 2 is 1.74 bits per heavy atom. The number of hydrogen-bond donors (Lipinski definition) is 2. The Bertz CT molecular complexity index is 852. The van der Waals surface area contributed by atoms with Gasteiger partial charge in [0, 0.05) is 11.3 Å². The molecule has 0 unspecified atom stereocenters. The van der Waals surface area contributed by atoms with Crippen molar-refractivity contribution in [3.8, 4) is 11.3 Å². The van der Waals surface area contributed by atoms with Crippen LogP contribution in [0.2, 0.25) is 0 Å². The predicted molar refractivity (Wildman–Crippen MR) is 86.2 cm³/mol. The van der Waals surface area contributed by atoms with Gasteiger partial charge in [0.15, 0.2) is 11.5 Å². The standard InChI is InChI=1S/C17H13FN4O/c18-13-9-5-4-8-12(13)14-10-20-16(19)15(22-14)17(23)21-11-6-2-1-3-7-11/h1-10H,(H2,19,20)(H,21,23). The van der Waals surface area contributed by atoms with Crippen LogP contribution in [-0.4, -0.2) is 15.9 Å². The molecule has 0 fully saturated rings. The summed E-state index contributed by atoms with van der Waals surface area (Å²) in [5.41, 5.74) is 6.80. The van der Waals surface area contributed by atoms with Crippen molar-refractivity contribution >= 4 is 17.4 Å². The van der Waals surface area contributed by atoms with E-state index in [9.17, 15) is 9.18 Å². The number of nitrogens with one attached hydrogen (secondary N) is 1. The lowest BCUT2D eigenvalue weighted by molar-refractivity contribution is 0.102. The minimum atomic E-state index is -0.501. The van der Waals surface area contributed by atoms with Crippen LogP contribution in [0.1, 0.15) is 10.5 Å². The summed E-state index contributed by atoms with van der Waals surface area (Å²) < 4.78 is 13.9. The van der Waals surface area contributed by atoms with Gasteiger partial charge in [0.1, 0.15) is 5.82 Å². The number of amides is 1. The Morgan fingerprint density at radius 3 is 2.48 bits per heavy atom. The minimum Gasteiger partial charge on any atom is -0.382 e. The van der Waals surface area contributed by atoms with Crippen LogP contribution in [0.4, 0.5) is 15.9 Å². The monoisotopic (exact) mass is 308 g/mol. The van der Waals surface area contributed by atoms with Crippen LogP contribution in [0.25, 0.3) is 11.3 Å². The van der Waals surface area contributed by atoms with Gasteiger partial charge >= 0.3 is 0 Å². The van der Waals surface area contributed by atoms with Gasteiger partial charge in [-0.2, -0.15) is 0 Å². The number of carbonyl (C=O) groups excluding carboxylic acids is 1. The lowest BCUT2D eigenvalue weighted by Crippen LogP contribution is -2.17. The van der Waals surface area contributed by atoms with Crippen LogP contribution in [0.15, 0.2) is 60.8 Å². The average Bonchev–Trinajstić information content (AvgIpc) is 2.57. The van der Waals surface area contributed by atoms with E-state index in [-0.39, 0.29) is 22.8 Å². The molecule has 0 aliphatic heterocycles. The van der Waals surface area contributed by atoms with Gasteiger partial charge in [0.25, 0.3) is 5.91 Å². The molecular weight excluding hydrogens is 295 g/mol. The fourth-order valence-corrected chi connectivity index (χ4v) is 2.08. The largest absolute Gasteiger partial charge is 0.382 e. The molecule has 0 saturated carbocycles. The highest BCUT2D eigenvalue weighted by molar-refractivity contribution is 6.05. The smallest absolute Gasteiger partial charge is 0.278 e. The maximum atomic E-state index is 13.9. The zero-order chi connectivity index (χ0) is 16.2. The number of hydrogen-bond acceptors (Lipinski definition) is 4. The first-order chi connectivity index (χ1) is 11.1. The highest BCUT2D eigenvalue weighted by atomic mass is 19.1. The van der Waals surface area contributed by atoms with Crippen LogP contribution >= 0.6 is 0 Å². The molecule has 0 bridgehead atoms. The van der Waals surface area contributed by atoms with Crippen molar-refractivity contribution in [3.05, 3.63) is 72.3 Å². The van der Waals surface area contributed by atoms with E-state index in [1.165, 1.54) is 12.3 Å². The lowest BCUT2D eigenvalue weighted by atomic mass is 10.1. The number of nitrogen functional groups attached to an aromatic ring is 1. The number of rotatable bonds is 3. The van der Waals surface area contributed by atoms with E-state index in [2.05, 4.69) is 15.3 Å². The zero-order valence-electron chi connectivity index (χ0n) is 12.0. The molecule has 1 aromatic heterocycles. The maximum Gasteiger partial charge on any atom is 0.278 e. The molecule has 0 aliphatic rings. The van der Waals surface area contributed by atoms with E-state index in [1.807, 2.05) is 6.07 Å². The Balaban J connectivity index is 1.95. The van der Waals surface area contributed by atoms with Crippen molar-refractivity contribution in [2.75, 3.05) is 11.1 Å². The summed E-state index contributed by atoms with van der Waals surface area (Å²) >= 11 is 0. The van der Waals surface area contributed by atoms with E-state index in [0.29, 0.717) is 5.69 Å². The number of anilines is 2. The molecule has 1 amide bonds. The number of halogens is 1. The molecule has 0 spiro atoms. The van der Waals surface area contributed by atoms with Crippen molar-refractivity contribution in [2.45, 2.75) is 0 Å². The van der Waals surface area contributed by atoms with Crippen LogP contribution in [0, 0.1) is 5.82 Å². The van der Waals surface area contributed by atoms with Crippen LogP contribution in [-0.2, 0) is 0 Å². The SMILES string of the molecule is Nc1ncc(-c2ccccc2F)nc1C(=O)Nc1ccccc1. The highest BCUT2D eigenvalue weighted by Crippen LogP contribution is 2.21. The molecule has 3 rings (SSSR count). The molecule has 0 aliphatic carbocycles. The van der Waals surface area contributed by atoms with Crippen molar-refractivity contribution in [1.29, 1.82) is 0 Å². The topological polar surface area (TPSA) is 80.9 Å². The quantitative estimate of drug-likeness (QED) is 0.779. The molecule has 1 heterocycles. The molecule has 0 radical (unpaired) electrons. The molecule has 5 nitrogen and oxygen atoms in total. The van der Waals surface area contributed by atoms with Crippen molar-refractivity contribution in [1.82, 2.24) is 9.97 Å². The van der Waals surface area contributed by atoms with E-state index in [1.54, 1.807) is 42.5 Å². The van der Waals surface area contributed by atoms with Crippen molar-refractivity contribution in [2.24, 2.45) is 0 Å². The number of nitrogens with two attached hydrogens (primary N) is 1. The fraction of sp³-hybridized carbons (Fsp3) is 0. The molecule has 0 atom stereocenters. The second-order valence-corrected chi connectivity index (χ2v) is 4.79.